The highest BCUT2D eigenvalue weighted by Crippen LogP contribution is 2.08. The smallest absolute Gasteiger partial charge is 0.279 e. The van der Waals surface area contributed by atoms with Crippen LogP contribution in [0.1, 0.15) is 11.3 Å². The molecule has 5 nitrogen and oxygen atoms in total. The Morgan fingerprint density at radius 1 is 1.56 bits per heavy atom. The predicted octanol–water partition coefficient (Wildman–Crippen LogP) is 0.397. The van der Waals surface area contributed by atoms with E-state index in [0.29, 0.717) is 19.5 Å². The first-order valence-electron chi connectivity index (χ1n) is 4.90. The maximum absolute atomic E-state index is 11.7. The van der Waals surface area contributed by atoms with Crippen molar-refractivity contribution in [3.05, 3.63) is 22.4 Å². The summed E-state index contributed by atoms with van der Waals surface area (Å²) in [6.07, 6.45) is 0.441. The van der Waals surface area contributed by atoms with Crippen LogP contribution < -0.4 is 4.72 Å². The highest BCUT2D eigenvalue weighted by atomic mass is 32.2. The van der Waals surface area contributed by atoms with Crippen LogP contribution in [-0.2, 0) is 16.8 Å². The van der Waals surface area contributed by atoms with Gasteiger partial charge in [-0.05, 0) is 17.9 Å². The van der Waals surface area contributed by atoms with Gasteiger partial charge in [-0.15, -0.1) is 11.3 Å². The largest absolute Gasteiger partial charge is 0.396 e. The van der Waals surface area contributed by atoms with Crippen LogP contribution in [0.25, 0.3) is 0 Å². The SMILES string of the molecule is CN(CCCO)S(=O)(=O)NCc1cccs1. The quantitative estimate of drug-likeness (QED) is 0.749. The normalized spacial score (nSPS) is 12.2. The van der Waals surface area contributed by atoms with E-state index in [4.69, 9.17) is 5.11 Å². The zero-order chi connectivity index (χ0) is 12.0. The van der Waals surface area contributed by atoms with Crippen LogP contribution in [0.4, 0.5) is 0 Å². The Morgan fingerprint density at radius 2 is 2.31 bits per heavy atom. The third-order valence-corrected chi connectivity index (χ3v) is 4.44. The molecule has 0 amide bonds. The number of aliphatic hydroxyl groups excluding tert-OH is 1. The van der Waals surface area contributed by atoms with E-state index in [-0.39, 0.29) is 6.61 Å². The van der Waals surface area contributed by atoms with Crippen molar-refractivity contribution in [1.29, 1.82) is 0 Å². The number of nitrogens with zero attached hydrogens (tertiary/aromatic N) is 1. The average Bonchev–Trinajstić information content (AvgIpc) is 2.76. The number of hydrogen-bond donors (Lipinski definition) is 2. The molecule has 0 saturated carbocycles. The second-order valence-electron chi connectivity index (χ2n) is 3.30. The minimum absolute atomic E-state index is 0.00914. The lowest BCUT2D eigenvalue weighted by atomic mass is 10.5. The Balaban J connectivity index is 2.45. The van der Waals surface area contributed by atoms with Crippen LogP contribution in [0.5, 0.6) is 0 Å². The molecule has 1 rings (SSSR count). The summed E-state index contributed by atoms with van der Waals surface area (Å²) >= 11 is 1.51. The third-order valence-electron chi connectivity index (χ3n) is 2.05. The van der Waals surface area contributed by atoms with Crippen LogP contribution in [0.3, 0.4) is 0 Å². The van der Waals surface area contributed by atoms with E-state index in [1.54, 1.807) is 0 Å². The summed E-state index contributed by atoms with van der Waals surface area (Å²) in [6, 6.07) is 3.75. The molecule has 2 N–H and O–H groups in total. The van der Waals surface area contributed by atoms with E-state index in [0.717, 1.165) is 4.88 Å². The number of thiophene rings is 1. The van der Waals surface area contributed by atoms with E-state index in [1.807, 2.05) is 17.5 Å². The average molecular weight is 264 g/mol. The van der Waals surface area contributed by atoms with Crippen LogP contribution in [-0.4, -0.2) is 38.0 Å². The van der Waals surface area contributed by atoms with Crippen molar-refractivity contribution in [3.8, 4) is 0 Å². The molecule has 1 aromatic heterocycles. The molecule has 0 atom stereocenters. The van der Waals surface area contributed by atoms with Crippen LogP contribution in [0, 0.1) is 0 Å². The van der Waals surface area contributed by atoms with Gasteiger partial charge >= 0.3 is 0 Å². The van der Waals surface area contributed by atoms with E-state index in [2.05, 4.69) is 4.72 Å². The summed E-state index contributed by atoms with van der Waals surface area (Å²) in [7, 11) is -1.94. The van der Waals surface area contributed by atoms with Gasteiger partial charge in [0.2, 0.25) is 0 Å². The Labute approximate surface area is 99.9 Å². The molecule has 7 heteroatoms. The fraction of sp³-hybridized carbons (Fsp3) is 0.556. The Morgan fingerprint density at radius 3 is 2.88 bits per heavy atom. The van der Waals surface area contributed by atoms with Gasteiger partial charge in [0.1, 0.15) is 0 Å². The highest BCUT2D eigenvalue weighted by molar-refractivity contribution is 7.87. The van der Waals surface area contributed by atoms with Crippen molar-refractivity contribution in [2.75, 3.05) is 20.2 Å². The number of aliphatic hydroxyl groups is 1. The maximum atomic E-state index is 11.7. The first-order valence-corrected chi connectivity index (χ1v) is 7.22. The van der Waals surface area contributed by atoms with Crippen molar-refractivity contribution < 1.29 is 13.5 Å². The van der Waals surface area contributed by atoms with E-state index in [9.17, 15) is 8.42 Å². The van der Waals surface area contributed by atoms with Crippen molar-refractivity contribution in [2.45, 2.75) is 13.0 Å². The third kappa shape index (κ3) is 4.18. The Kier molecular flexibility index (Phi) is 5.36. The van der Waals surface area contributed by atoms with Gasteiger partial charge in [-0.3, -0.25) is 0 Å². The predicted molar refractivity (Wildman–Crippen MR) is 64.4 cm³/mol. The fourth-order valence-electron chi connectivity index (χ4n) is 1.10. The molecule has 0 unspecified atom stereocenters. The minimum atomic E-state index is -3.43. The van der Waals surface area contributed by atoms with Gasteiger partial charge in [-0.25, -0.2) is 0 Å². The van der Waals surface area contributed by atoms with Gasteiger partial charge in [-0.1, -0.05) is 6.07 Å². The molecule has 16 heavy (non-hydrogen) atoms. The van der Waals surface area contributed by atoms with Gasteiger partial charge in [-0.2, -0.15) is 17.4 Å². The van der Waals surface area contributed by atoms with Crippen molar-refractivity contribution in [1.82, 2.24) is 9.03 Å². The molecule has 0 aliphatic rings. The molecule has 0 radical (unpaired) electrons. The topological polar surface area (TPSA) is 69.6 Å². The van der Waals surface area contributed by atoms with Gasteiger partial charge < -0.3 is 5.11 Å². The number of rotatable bonds is 7. The zero-order valence-electron chi connectivity index (χ0n) is 9.09. The summed E-state index contributed by atoms with van der Waals surface area (Å²) in [4.78, 5) is 0.971. The van der Waals surface area contributed by atoms with Crippen molar-refractivity contribution in [3.63, 3.8) is 0 Å². The second kappa shape index (κ2) is 6.31. The van der Waals surface area contributed by atoms with Crippen LogP contribution in [0.2, 0.25) is 0 Å². The molecule has 0 spiro atoms. The molecule has 0 fully saturated rings. The maximum Gasteiger partial charge on any atom is 0.279 e. The summed E-state index contributed by atoms with van der Waals surface area (Å²) < 4.78 is 27.0. The molecule has 0 aliphatic heterocycles. The Bertz CT molecular complexity index is 389. The standard InChI is InChI=1S/C9H16N2O3S2/c1-11(5-3-6-12)16(13,14)10-8-9-4-2-7-15-9/h2,4,7,10,12H,3,5-6,8H2,1H3. The fourth-order valence-corrected chi connectivity index (χ4v) is 2.76. The van der Waals surface area contributed by atoms with Gasteiger partial charge in [0.15, 0.2) is 0 Å². The van der Waals surface area contributed by atoms with Crippen LogP contribution in [0.15, 0.2) is 17.5 Å². The number of hydrogen-bond acceptors (Lipinski definition) is 4. The molecule has 0 saturated heterocycles. The summed E-state index contributed by atoms with van der Waals surface area (Å²) in [6.45, 7) is 0.616. The summed E-state index contributed by atoms with van der Waals surface area (Å²) in [5.74, 6) is 0. The first-order chi connectivity index (χ1) is 7.56. The first kappa shape index (κ1) is 13.6. The van der Waals surface area contributed by atoms with Gasteiger partial charge in [0.05, 0.1) is 0 Å². The Hall–Kier alpha value is -0.470. The van der Waals surface area contributed by atoms with Crippen molar-refractivity contribution in [2.24, 2.45) is 0 Å². The zero-order valence-corrected chi connectivity index (χ0v) is 10.7. The van der Waals surface area contributed by atoms with Crippen molar-refractivity contribution >= 4 is 21.5 Å². The van der Waals surface area contributed by atoms with E-state index >= 15 is 0 Å². The molecule has 0 aromatic carbocycles. The molecular formula is C9H16N2O3S2. The molecule has 0 bridgehead atoms. The molecule has 1 aromatic rings. The second-order valence-corrected chi connectivity index (χ2v) is 6.20. The summed E-state index contributed by atoms with van der Waals surface area (Å²) in [5.41, 5.74) is 0. The number of nitrogens with one attached hydrogen (secondary N) is 1. The lowest BCUT2D eigenvalue weighted by Gasteiger charge is -2.16. The highest BCUT2D eigenvalue weighted by Gasteiger charge is 2.16. The lowest BCUT2D eigenvalue weighted by molar-refractivity contribution is 0.275. The monoisotopic (exact) mass is 264 g/mol. The van der Waals surface area contributed by atoms with Gasteiger partial charge in [0.25, 0.3) is 10.2 Å². The molecule has 0 aliphatic carbocycles. The molecule has 92 valence electrons. The minimum Gasteiger partial charge on any atom is -0.396 e. The molecular weight excluding hydrogens is 248 g/mol. The van der Waals surface area contributed by atoms with E-state index < -0.39 is 10.2 Å². The van der Waals surface area contributed by atoms with Crippen LogP contribution >= 0.6 is 11.3 Å². The summed E-state index contributed by atoms with van der Waals surface area (Å²) in [5, 5.41) is 10.5. The van der Waals surface area contributed by atoms with Gasteiger partial charge in [0, 0.05) is 31.6 Å². The lowest BCUT2D eigenvalue weighted by Crippen LogP contribution is -2.38. The van der Waals surface area contributed by atoms with E-state index in [1.165, 1.54) is 22.7 Å². The molecule has 1 heterocycles.